The van der Waals surface area contributed by atoms with Crippen molar-refractivity contribution in [2.75, 3.05) is 0 Å². The van der Waals surface area contributed by atoms with Gasteiger partial charge in [0.15, 0.2) is 0 Å². The van der Waals surface area contributed by atoms with E-state index in [0.29, 0.717) is 0 Å². The van der Waals surface area contributed by atoms with Crippen LogP contribution in [0.2, 0.25) is 0 Å². The summed E-state index contributed by atoms with van der Waals surface area (Å²) < 4.78 is 0. The van der Waals surface area contributed by atoms with Gasteiger partial charge in [0.2, 0.25) is 0 Å². The fourth-order valence-electron chi connectivity index (χ4n) is 8.71. The van der Waals surface area contributed by atoms with Crippen molar-refractivity contribution in [2.45, 2.75) is 0 Å². The molecule has 0 unspecified atom stereocenters. The predicted octanol–water partition coefficient (Wildman–Crippen LogP) is 14.1. The molecule has 0 spiro atoms. The highest BCUT2D eigenvalue weighted by Crippen LogP contribution is 2.46. The van der Waals surface area contributed by atoms with Crippen LogP contribution in [0.5, 0.6) is 0 Å². The van der Waals surface area contributed by atoms with Crippen LogP contribution in [0, 0.1) is 0 Å². The molecule has 0 bridgehead atoms. The first-order chi connectivity index (χ1) is 24.8. The summed E-state index contributed by atoms with van der Waals surface area (Å²) in [7, 11) is 0. The van der Waals surface area contributed by atoms with Crippen molar-refractivity contribution in [3.05, 3.63) is 182 Å². The largest absolute Gasteiger partial charge is 0.0622 e. The number of benzene rings is 11. The molecule has 0 atom stereocenters. The van der Waals surface area contributed by atoms with E-state index >= 15 is 0 Å². The van der Waals surface area contributed by atoms with Crippen LogP contribution < -0.4 is 0 Å². The number of hydrogen-bond acceptors (Lipinski definition) is 0. The molecule has 0 heterocycles. The maximum absolute atomic E-state index is 2.41. The topological polar surface area (TPSA) is 0 Å². The lowest BCUT2D eigenvalue weighted by molar-refractivity contribution is 1.57. The van der Waals surface area contributed by atoms with E-state index in [1.165, 1.54) is 109 Å². The molecular formula is C50H30. The highest BCUT2D eigenvalue weighted by Gasteiger charge is 2.19. The number of hydrogen-bond donors (Lipinski definition) is 0. The molecule has 11 rings (SSSR count). The van der Waals surface area contributed by atoms with Crippen molar-refractivity contribution in [1.29, 1.82) is 0 Å². The Morgan fingerprint density at radius 3 is 1.22 bits per heavy atom. The molecular weight excluding hydrogens is 601 g/mol. The summed E-state index contributed by atoms with van der Waals surface area (Å²) >= 11 is 0. The van der Waals surface area contributed by atoms with Gasteiger partial charge in [0.1, 0.15) is 0 Å². The molecule has 0 amide bonds. The van der Waals surface area contributed by atoms with Crippen LogP contribution in [0.4, 0.5) is 0 Å². The normalized spacial score (nSPS) is 12.0. The molecule has 0 radical (unpaired) electrons. The first kappa shape index (κ1) is 27.5. The third kappa shape index (κ3) is 3.94. The Bertz CT molecular complexity index is 3040. The van der Waals surface area contributed by atoms with E-state index in [4.69, 9.17) is 0 Å². The molecule has 0 aliphatic rings. The van der Waals surface area contributed by atoms with Crippen molar-refractivity contribution < 1.29 is 0 Å². The van der Waals surface area contributed by atoms with Crippen LogP contribution in [0.3, 0.4) is 0 Å². The Labute approximate surface area is 290 Å². The van der Waals surface area contributed by atoms with E-state index in [9.17, 15) is 0 Å². The lowest BCUT2D eigenvalue weighted by Gasteiger charge is -2.19. The summed E-state index contributed by atoms with van der Waals surface area (Å²) in [4.78, 5) is 0. The van der Waals surface area contributed by atoms with Gasteiger partial charge in [-0.2, -0.15) is 0 Å². The quantitative estimate of drug-likeness (QED) is 0.170. The van der Waals surface area contributed by atoms with Crippen molar-refractivity contribution >= 4 is 64.6 Å². The maximum atomic E-state index is 2.41. The Kier molecular flexibility index (Phi) is 5.76. The fraction of sp³-hybridized carbons (Fsp3) is 0. The zero-order valence-corrected chi connectivity index (χ0v) is 27.3. The SMILES string of the molecule is c1ccc(-c2cc(-c3ccc4ccc5cccc6ccc3c4c56)ccc2-c2ccccc2-c2ccc3ccc4cccc5ccc2c3c45)cc1. The Morgan fingerprint density at radius 1 is 0.200 bits per heavy atom. The van der Waals surface area contributed by atoms with Crippen LogP contribution in [0.15, 0.2) is 182 Å². The molecule has 11 aromatic carbocycles. The molecule has 0 fully saturated rings. The van der Waals surface area contributed by atoms with Gasteiger partial charge in [0, 0.05) is 0 Å². The first-order valence-electron chi connectivity index (χ1n) is 17.4. The van der Waals surface area contributed by atoms with Gasteiger partial charge >= 0.3 is 0 Å². The van der Waals surface area contributed by atoms with Crippen molar-refractivity contribution in [3.63, 3.8) is 0 Å². The van der Waals surface area contributed by atoms with Gasteiger partial charge in [-0.25, -0.2) is 0 Å². The molecule has 0 N–H and O–H groups in total. The Morgan fingerprint density at radius 2 is 0.620 bits per heavy atom. The van der Waals surface area contributed by atoms with Gasteiger partial charge in [-0.05, 0) is 115 Å². The van der Waals surface area contributed by atoms with E-state index in [0.717, 1.165) is 0 Å². The van der Waals surface area contributed by atoms with Gasteiger partial charge in [0.05, 0.1) is 0 Å². The minimum atomic E-state index is 1.22. The summed E-state index contributed by atoms with van der Waals surface area (Å²) in [6.45, 7) is 0. The summed E-state index contributed by atoms with van der Waals surface area (Å²) in [6.07, 6.45) is 0. The second-order valence-corrected chi connectivity index (χ2v) is 13.6. The lowest BCUT2D eigenvalue weighted by atomic mass is 9.84. The highest BCUT2D eigenvalue weighted by atomic mass is 14.2. The summed E-state index contributed by atoms with van der Waals surface area (Å²) in [5.41, 5.74) is 9.93. The van der Waals surface area contributed by atoms with Gasteiger partial charge in [-0.3, -0.25) is 0 Å². The van der Waals surface area contributed by atoms with Crippen LogP contribution in [0.25, 0.3) is 109 Å². The molecule has 0 aliphatic carbocycles. The second kappa shape index (κ2) is 10.5. The average molecular weight is 631 g/mol. The zero-order valence-electron chi connectivity index (χ0n) is 27.3. The minimum Gasteiger partial charge on any atom is -0.0622 e. The molecule has 0 aromatic heterocycles. The first-order valence-corrected chi connectivity index (χ1v) is 17.4. The average Bonchev–Trinajstić information content (AvgIpc) is 3.19. The van der Waals surface area contributed by atoms with Crippen molar-refractivity contribution in [3.8, 4) is 44.5 Å². The van der Waals surface area contributed by atoms with Crippen molar-refractivity contribution in [1.82, 2.24) is 0 Å². The molecule has 0 saturated heterocycles. The maximum Gasteiger partial charge on any atom is -0.00206 e. The lowest BCUT2D eigenvalue weighted by Crippen LogP contribution is -1.93. The van der Waals surface area contributed by atoms with Gasteiger partial charge in [0.25, 0.3) is 0 Å². The smallest absolute Gasteiger partial charge is 0.00206 e. The standard InChI is InChI=1S/C50H30/c1-2-8-31(9-3-1)46-30-38(39-25-20-36-18-16-32-10-6-12-34-22-28-44(39)49(36)47(32)34)24-27-43(46)41-15-5-4-14-40(41)42-26-21-37-19-17-33-11-7-13-35-23-29-45(42)50(37)48(33)35/h1-30H. The van der Waals surface area contributed by atoms with E-state index in [-0.39, 0.29) is 0 Å². The van der Waals surface area contributed by atoms with Gasteiger partial charge in [-0.15, -0.1) is 0 Å². The molecule has 0 saturated carbocycles. The van der Waals surface area contributed by atoms with Crippen LogP contribution in [0.1, 0.15) is 0 Å². The molecule has 11 aromatic rings. The third-order valence-electron chi connectivity index (χ3n) is 11.0. The molecule has 0 nitrogen and oxygen atoms in total. The monoisotopic (exact) mass is 630 g/mol. The van der Waals surface area contributed by atoms with E-state index < -0.39 is 0 Å². The zero-order chi connectivity index (χ0) is 32.8. The summed E-state index contributed by atoms with van der Waals surface area (Å²) in [5.74, 6) is 0. The van der Waals surface area contributed by atoms with Crippen LogP contribution in [-0.2, 0) is 0 Å². The van der Waals surface area contributed by atoms with Crippen LogP contribution >= 0.6 is 0 Å². The Balaban J connectivity index is 1.15. The Hall–Kier alpha value is -6.50. The van der Waals surface area contributed by atoms with Crippen molar-refractivity contribution in [2.24, 2.45) is 0 Å². The van der Waals surface area contributed by atoms with E-state index in [2.05, 4.69) is 182 Å². The van der Waals surface area contributed by atoms with Gasteiger partial charge in [-0.1, -0.05) is 176 Å². The molecule has 0 aliphatic heterocycles. The minimum absolute atomic E-state index is 1.22. The number of rotatable bonds is 4. The van der Waals surface area contributed by atoms with E-state index in [1.54, 1.807) is 0 Å². The second-order valence-electron chi connectivity index (χ2n) is 13.6. The van der Waals surface area contributed by atoms with Gasteiger partial charge < -0.3 is 0 Å². The highest BCUT2D eigenvalue weighted by molar-refractivity contribution is 6.27. The molecule has 0 heteroatoms. The molecule has 230 valence electrons. The summed E-state index contributed by atoms with van der Waals surface area (Å²) in [5, 5.41) is 15.7. The molecule has 50 heavy (non-hydrogen) atoms. The third-order valence-corrected chi connectivity index (χ3v) is 11.0. The predicted molar refractivity (Wildman–Crippen MR) is 216 cm³/mol. The summed E-state index contributed by atoms with van der Waals surface area (Å²) in [6, 6.07) is 67.7. The van der Waals surface area contributed by atoms with Crippen LogP contribution in [-0.4, -0.2) is 0 Å². The fourth-order valence-corrected chi connectivity index (χ4v) is 8.71. The van der Waals surface area contributed by atoms with E-state index in [1.807, 2.05) is 0 Å².